The minimum absolute atomic E-state index is 0.663. The summed E-state index contributed by atoms with van der Waals surface area (Å²) < 4.78 is 59.6. The molecular weight excluding hydrogens is 472 g/mol. The number of hydrogen-bond acceptors (Lipinski definition) is 5. The smallest absolute Gasteiger partial charge is 0.485 e. The van der Waals surface area contributed by atoms with Gasteiger partial charge < -0.3 is 4.55 Å². The Balaban J connectivity index is 0.000000343. The van der Waals surface area contributed by atoms with Gasteiger partial charge in [-0.05, 0) is 30.7 Å². The van der Waals surface area contributed by atoms with E-state index in [1.165, 1.54) is 17.0 Å². The van der Waals surface area contributed by atoms with E-state index < -0.39 is 22.9 Å². The topological polar surface area (TPSA) is 57.2 Å². The monoisotopic (exact) mass is 496 g/mol. The van der Waals surface area contributed by atoms with Crippen molar-refractivity contribution in [3.8, 4) is 0 Å². The van der Waals surface area contributed by atoms with Crippen LogP contribution in [0, 0.1) is 0 Å². The molecule has 0 aromatic heterocycles. The van der Waals surface area contributed by atoms with Crippen LogP contribution in [-0.4, -0.2) is 40.0 Å². The lowest BCUT2D eigenvalue weighted by Crippen LogP contribution is -2.32. The van der Waals surface area contributed by atoms with Crippen LogP contribution >= 0.6 is 30.8 Å². The molecular formula is C20H24F3O3PS3. The zero-order chi connectivity index (χ0) is 22.6. The van der Waals surface area contributed by atoms with E-state index in [4.69, 9.17) is 13.0 Å². The van der Waals surface area contributed by atoms with Gasteiger partial charge in [0.1, 0.15) is 10.6 Å². The quantitative estimate of drug-likeness (QED) is 0.329. The fourth-order valence-corrected chi connectivity index (χ4v) is 13.3. The number of benzene rings is 2. The molecule has 1 aliphatic heterocycles. The van der Waals surface area contributed by atoms with Gasteiger partial charge >= 0.3 is 5.51 Å². The molecule has 1 fully saturated rings. The molecule has 1 unspecified atom stereocenters. The SMILES string of the molecule is C[C@@H]1C[C@H](C)SC([P+](C)(c2ccccc2)c2ccccc2)S1.O=S(=O)([O-])C(F)(F)F. The van der Waals surface area contributed by atoms with E-state index >= 15 is 0 Å². The predicted molar refractivity (Wildman–Crippen MR) is 123 cm³/mol. The van der Waals surface area contributed by atoms with E-state index in [-0.39, 0.29) is 0 Å². The maximum absolute atomic E-state index is 10.7. The van der Waals surface area contributed by atoms with Gasteiger partial charge in [0.25, 0.3) is 0 Å². The Morgan fingerprint density at radius 2 is 1.23 bits per heavy atom. The van der Waals surface area contributed by atoms with Gasteiger partial charge in [0.2, 0.25) is 0 Å². The zero-order valence-corrected chi connectivity index (χ0v) is 20.1. The van der Waals surface area contributed by atoms with E-state index in [1.54, 1.807) is 0 Å². The summed E-state index contributed by atoms with van der Waals surface area (Å²) in [5.41, 5.74) is -5.65. The average Bonchev–Trinajstić information content (AvgIpc) is 2.67. The first-order chi connectivity index (χ1) is 13.9. The van der Waals surface area contributed by atoms with E-state index in [9.17, 15) is 13.2 Å². The van der Waals surface area contributed by atoms with Gasteiger partial charge in [-0.15, -0.1) is 23.5 Å². The summed E-state index contributed by atoms with van der Waals surface area (Å²) in [6.45, 7) is 7.33. The highest BCUT2D eigenvalue weighted by Crippen LogP contribution is 2.67. The van der Waals surface area contributed by atoms with Crippen molar-refractivity contribution in [1.29, 1.82) is 0 Å². The van der Waals surface area contributed by atoms with E-state index in [1.807, 2.05) is 0 Å². The molecule has 0 saturated carbocycles. The van der Waals surface area contributed by atoms with Crippen LogP contribution < -0.4 is 10.6 Å². The van der Waals surface area contributed by atoms with E-state index in [0.29, 0.717) is 4.32 Å². The summed E-state index contributed by atoms with van der Waals surface area (Å²) in [5.74, 6) is 0. The van der Waals surface area contributed by atoms with Gasteiger partial charge in [0.05, 0.1) is 13.9 Å². The Labute approximate surface area is 185 Å². The van der Waals surface area contributed by atoms with Gasteiger partial charge in [0.15, 0.2) is 14.4 Å². The maximum Gasteiger partial charge on any atom is 0.485 e. The molecule has 1 heterocycles. The van der Waals surface area contributed by atoms with Crippen LogP contribution in [0.5, 0.6) is 0 Å². The highest BCUT2D eigenvalue weighted by Gasteiger charge is 2.49. The molecule has 0 spiro atoms. The molecule has 3 rings (SSSR count). The third-order valence-corrected chi connectivity index (χ3v) is 14.5. The second-order valence-corrected chi connectivity index (χ2v) is 16.2. The normalized spacial score (nSPS) is 22.7. The maximum atomic E-state index is 10.7. The highest BCUT2D eigenvalue weighted by molar-refractivity contribution is 8.29. The molecule has 1 aliphatic rings. The first kappa shape index (κ1) is 25.5. The highest BCUT2D eigenvalue weighted by atomic mass is 32.2. The summed E-state index contributed by atoms with van der Waals surface area (Å²) in [6.07, 6.45) is 1.33. The van der Waals surface area contributed by atoms with Crippen molar-refractivity contribution in [2.45, 2.75) is 40.6 Å². The number of rotatable bonds is 3. The van der Waals surface area contributed by atoms with Crippen molar-refractivity contribution in [2.24, 2.45) is 0 Å². The lowest BCUT2D eigenvalue weighted by molar-refractivity contribution is -0.0517. The average molecular weight is 497 g/mol. The fourth-order valence-electron chi connectivity index (χ4n) is 3.12. The third kappa shape index (κ3) is 6.39. The number of thioether (sulfide) groups is 2. The minimum Gasteiger partial charge on any atom is -0.741 e. The van der Waals surface area contributed by atoms with Crippen LogP contribution in [0.4, 0.5) is 13.2 Å². The van der Waals surface area contributed by atoms with Crippen molar-refractivity contribution >= 4 is 51.5 Å². The number of alkyl halides is 3. The van der Waals surface area contributed by atoms with Gasteiger partial charge in [-0.1, -0.05) is 50.2 Å². The number of halogens is 3. The second-order valence-electron chi connectivity index (χ2n) is 7.08. The van der Waals surface area contributed by atoms with Crippen molar-refractivity contribution in [1.82, 2.24) is 0 Å². The number of hydrogen-bond donors (Lipinski definition) is 0. The van der Waals surface area contributed by atoms with Crippen LogP contribution in [0.15, 0.2) is 60.7 Å². The summed E-state index contributed by atoms with van der Waals surface area (Å²) in [4.78, 5) is 0. The Morgan fingerprint density at radius 1 is 0.900 bits per heavy atom. The Hall–Kier alpha value is -0.730. The molecule has 2 aromatic carbocycles. The molecule has 0 aliphatic carbocycles. The van der Waals surface area contributed by atoms with Crippen LogP contribution in [0.1, 0.15) is 20.3 Å². The standard InChI is InChI=1S/C19H24PS2.CHF3O3S/c1-15-14-16(2)22-19(21-15)20(3,17-10-6-4-7-11-17)18-12-8-5-9-13-18;2-1(3,4)8(5,6)7/h4-13,15-16,19H,14H2,1-3H3;(H,5,6,7)/q+1;/p-1/t15-,16+,19?;. The lowest BCUT2D eigenvalue weighted by atomic mass is 10.3. The van der Waals surface area contributed by atoms with Crippen molar-refractivity contribution in [3.63, 3.8) is 0 Å². The van der Waals surface area contributed by atoms with E-state index in [0.717, 1.165) is 10.5 Å². The molecule has 0 amide bonds. The Morgan fingerprint density at radius 3 is 1.53 bits per heavy atom. The van der Waals surface area contributed by atoms with Crippen molar-refractivity contribution in [3.05, 3.63) is 60.7 Å². The largest absolute Gasteiger partial charge is 0.741 e. The summed E-state index contributed by atoms with van der Waals surface area (Å²) in [6, 6.07) is 22.4. The first-order valence-electron chi connectivity index (χ1n) is 9.16. The summed E-state index contributed by atoms with van der Waals surface area (Å²) >= 11 is 4.40. The minimum atomic E-state index is -6.09. The van der Waals surface area contributed by atoms with Crippen molar-refractivity contribution in [2.75, 3.05) is 6.66 Å². The fraction of sp³-hybridized carbons (Fsp3) is 0.400. The molecule has 3 nitrogen and oxygen atoms in total. The molecule has 0 N–H and O–H groups in total. The molecule has 1 saturated heterocycles. The summed E-state index contributed by atoms with van der Waals surface area (Å²) in [5, 5.41) is 4.58. The van der Waals surface area contributed by atoms with Gasteiger partial charge in [-0.25, -0.2) is 8.42 Å². The molecule has 3 atom stereocenters. The lowest BCUT2D eigenvalue weighted by Gasteiger charge is -2.37. The predicted octanol–water partition coefficient (Wildman–Crippen LogP) is 5.27. The zero-order valence-electron chi connectivity index (χ0n) is 16.7. The van der Waals surface area contributed by atoms with Crippen LogP contribution in [0.2, 0.25) is 0 Å². The molecule has 2 aromatic rings. The van der Waals surface area contributed by atoms with Gasteiger partial charge in [-0.3, -0.25) is 0 Å². The van der Waals surface area contributed by atoms with Gasteiger partial charge in [-0.2, -0.15) is 13.2 Å². The molecule has 30 heavy (non-hydrogen) atoms. The molecule has 0 bridgehead atoms. The van der Waals surface area contributed by atoms with Crippen LogP contribution in [0.25, 0.3) is 0 Å². The Kier molecular flexibility index (Phi) is 8.73. The Bertz CT molecular complexity index is 860. The van der Waals surface area contributed by atoms with Gasteiger partial charge in [0, 0.05) is 10.5 Å². The summed E-state index contributed by atoms with van der Waals surface area (Å²) in [7, 11) is -7.49. The molecule has 166 valence electrons. The second kappa shape index (κ2) is 10.3. The molecule has 10 heteroatoms. The molecule has 0 radical (unpaired) electrons. The van der Waals surface area contributed by atoms with E-state index in [2.05, 4.69) is 105 Å². The first-order valence-corrected chi connectivity index (χ1v) is 14.8. The van der Waals surface area contributed by atoms with Crippen LogP contribution in [-0.2, 0) is 10.1 Å². The van der Waals surface area contributed by atoms with Crippen molar-refractivity contribution < 1.29 is 26.1 Å². The van der Waals surface area contributed by atoms with Crippen LogP contribution in [0.3, 0.4) is 0 Å². The third-order valence-electron chi connectivity index (χ3n) is 4.65.